The van der Waals surface area contributed by atoms with Crippen molar-refractivity contribution in [3.63, 3.8) is 0 Å². The van der Waals surface area contributed by atoms with E-state index in [2.05, 4.69) is 85.1 Å². The predicted molar refractivity (Wildman–Crippen MR) is 142 cm³/mol. The van der Waals surface area contributed by atoms with Crippen LogP contribution in [0.1, 0.15) is 67.7 Å². The molecule has 0 bridgehead atoms. The van der Waals surface area contributed by atoms with E-state index in [0.717, 1.165) is 23.9 Å². The lowest BCUT2D eigenvalue weighted by molar-refractivity contribution is 0.281. The monoisotopic (exact) mass is 447 g/mol. The second-order valence-corrected chi connectivity index (χ2v) is 9.82. The summed E-state index contributed by atoms with van der Waals surface area (Å²) in [6.07, 6.45) is 10.1. The van der Waals surface area contributed by atoms with Crippen molar-refractivity contribution >= 4 is 33.9 Å². The molecule has 4 heteroatoms. The summed E-state index contributed by atoms with van der Waals surface area (Å²) in [6, 6.07) is 13.7. The Morgan fingerprint density at radius 3 is 2.34 bits per heavy atom. The summed E-state index contributed by atoms with van der Waals surface area (Å²) in [4.78, 5) is 2.49. The van der Waals surface area contributed by atoms with Crippen LogP contribution >= 0.6 is 12.2 Å². The number of para-hydroxylation sites is 1. The minimum Gasteiger partial charge on any atom is -0.347 e. The summed E-state index contributed by atoms with van der Waals surface area (Å²) >= 11 is 6.10. The van der Waals surface area contributed by atoms with Gasteiger partial charge in [-0.3, -0.25) is 0 Å². The second-order valence-electron chi connectivity index (χ2n) is 9.43. The van der Waals surface area contributed by atoms with Gasteiger partial charge in [0.2, 0.25) is 0 Å². The summed E-state index contributed by atoms with van der Waals surface area (Å²) in [6.45, 7) is 10.6. The highest BCUT2D eigenvalue weighted by Gasteiger charge is 2.24. The van der Waals surface area contributed by atoms with E-state index in [1.807, 2.05) is 0 Å². The molecular formula is C28H37N3S. The molecule has 0 saturated heterocycles. The molecule has 1 saturated carbocycles. The summed E-state index contributed by atoms with van der Waals surface area (Å²) in [5, 5.41) is 5.87. The standard InChI is InChI=1S/C28H37N3S/c1-5-30-18-23(25-14-10-11-15-26(25)30)19-31(24-12-8-6-7-9-13-24)28(32)29-27-21(3)16-20(2)17-22(27)4/h10-11,14-18,24H,5-9,12-13,19H2,1-4H3,(H,29,32). The van der Waals surface area contributed by atoms with E-state index in [-0.39, 0.29) is 0 Å². The molecular weight excluding hydrogens is 410 g/mol. The number of aromatic nitrogens is 1. The number of hydrogen-bond acceptors (Lipinski definition) is 1. The van der Waals surface area contributed by atoms with Crippen molar-refractivity contribution in [2.45, 2.75) is 85.4 Å². The van der Waals surface area contributed by atoms with Gasteiger partial charge in [0.05, 0.1) is 0 Å². The van der Waals surface area contributed by atoms with Gasteiger partial charge >= 0.3 is 0 Å². The molecule has 3 aromatic rings. The fraction of sp³-hybridized carbons (Fsp3) is 0.464. The predicted octanol–water partition coefficient (Wildman–Crippen LogP) is 7.51. The van der Waals surface area contributed by atoms with Gasteiger partial charge in [-0.25, -0.2) is 0 Å². The summed E-state index contributed by atoms with van der Waals surface area (Å²) in [5.74, 6) is 0. The van der Waals surface area contributed by atoms with Gasteiger partial charge in [0, 0.05) is 41.9 Å². The van der Waals surface area contributed by atoms with E-state index in [1.165, 1.54) is 71.7 Å². The first-order valence-corrected chi connectivity index (χ1v) is 12.6. The first kappa shape index (κ1) is 22.8. The molecule has 1 fully saturated rings. The van der Waals surface area contributed by atoms with Crippen molar-refractivity contribution in [3.05, 3.63) is 64.8 Å². The second kappa shape index (κ2) is 10.1. The van der Waals surface area contributed by atoms with Crippen molar-refractivity contribution in [1.82, 2.24) is 9.47 Å². The van der Waals surface area contributed by atoms with Gasteiger partial charge in [-0.15, -0.1) is 0 Å². The third kappa shape index (κ3) is 4.85. The number of hydrogen-bond donors (Lipinski definition) is 1. The zero-order valence-electron chi connectivity index (χ0n) is 20.1. The molecule has 0 atom stereocenters. The maximum absolute atomic E-state index is 6.10. The van der Waals surface area contributed by atoms with Crippen LogP contribution in [0, 0.1) is 20.8 Å². The highest BCUT2D eigenvalue weighted by Crippen LogP contribution is 2.29. The molecule has 3 nitrogen and oxygen atoms in total. The van der Waals surface area contributed by atoms with E-state index >= 15 is 0 Å². The van der Waals surface area contributed by atoms with Crippen LogP contribution in [0.5, 0.6) is 0 Å². The maximum Gasteiger partial charge on any atom is 0.173 e. The molecule has 1 aliphatic rings. The van der Waals surface area contributed by atoms with Crippen molar-refractivity contribution < 1.29 is 0 Å². The normalized spacial score (nSPS) is 15.0. The Balaban J connectivity index is 1.67. The van der Waals surface area contributed by atoms with Gasteiger partial charge in [0.1, 0.15) is 0 Å². The molecule has 4 rings (SSSR count). The molecule has 0 aliphatic heterocycles. The first-order chi connectivity index (χ1) is 15.5. The number of benzene rings is 2. The Labute approximate surface area is 198 Å². The molecule has 0 radical (unpaired) electrons. The van der Waals surface area contributed by atoms with Crippen LogP contribution in [0.4, 0.5) is 5.69 Å². The Bertz CT molecular complexity index is 1070. The number of anilines is 1. The fourth-order valence-electron chi connectivity index (χ4n) is 5.39. The molecule has 1 N–H and O–H groups in total. The van der Waals surface area contributed by atoms with E-state index < -0.39 is 0 Å². The van der Waals surface area contributed by atoms with Crippen LogP contribution in [0.2, 0.25) is 0 Å². The van der Waals surface area contributed by atoms with Gasteiger partial charge in [0.15, 0.2) is 5.11 Å². The van der Waals surface area contributed by atoms with Crippen molar-refractivity contribution in [1.29, 1.82) is 0 Å². The van der Waals surface area contributed by atoms with Crippen LogP contribution in [-0.4, -0.2) is 20.6 Å². The molecule has 2 aromatic carbocycles. The minimum atomic E-state index is 0.493. The Hall–Kier alpha value is -2.33. The summed E-state index contributed by atoms with van der Waals surface area (Å²) in [5.41, 5.74) is 7.66. The Morgan fingerprint density at radius 2 is 1.69 bits per heavy atom. The molecule has 32 heavy (non-hydrogen) atoms. The van der Waals surface area contributed by atoms with Crippen LogP contribution in [0.25, 0.3) is 10.9 Å². The molecule has 0 unspecified atom stereocenters. The third-order valence-corrected chi connectivity index (χ3v) is 7.32. The first-order valence-electron chi connectivity index (χ1n) is 12.2. The lowest BCUT2D eigenvalue weighted by Crippen LogP contribution is -2.42. The summed E-state index contributed by atoms with van der Waals surface area (Å²) in [7, 11) is 0. The van der Waals surface area contributed by atoms with E-state index in [4.69, 9.17) is 12.2 Å². The van der Waals surface area contributed by atoms with Crippen LogP contribution < -0.4 is 5.32 Å². The number of nitrogens with zero attached hydrogens (tertiary/aromatic N) is 2. The average Bonchev–Trinajstić information content (AvgIpc) is 2.93. The molecule has 170 valence electrons. The van der Waals surface area contributed by atoms with Crippen LogP contribution in [0.15, 0.2) is 42.6 Å². The van der Waals surface area contributed by atoms with Crippen LogP contribution in [-0.2, 0) is 13.1 Å². The minimum absolute atomic E-state index is 0.493. The number of aryl methyl sites for hydroxylation is 4. The fourth-order valence-corrected chi connectivity index (χ4v) is 5.70. The largest absolute Gasteiger partial charge is 0.347 e. The Morgan fingerprint density at radius 1 is 1.03 bits per heavy atom. The zero-order valence-corrected chi connectivity index (χ0v) is 20.9. The van der Waals surface area contributed by atoms with Crippen molar-refractivity contribution in [3.8, 4) is 0 Å². The highest BCUT2D eigenvalue weighted by molar-refractivity contribution is 7.80. The van der Waals surface area contributed by atoms with Crippen molar-refractivity contribution in [2.75, 3.05) is 5.32 Å². The lowest BCUT2D eigenvalue weighted by atomic mass is 10.0. The molecule has 1 aliphatic carbocycles. The van der Waals surface area contributed by atoms with E-state index in [0.29, 0.717) is 6.04 Å². The van der Waals surface area contributed by atoms with E-state index in [9.17, 15) is 0 Å². The van der Waals surface area contributed by atoms with Gasteiger partial charge in [-0.1, -0.05) is 61.6 Å². The van der Waals surface area contributed by atoms with Gasteiger partial charge in [-0.05, 0) is 75.5 Å². The molecule has 1 aromatic heterocycles. The Kier molecular flexibility index (Phi) is 7.20. The van der Waals surface area contributed by atoms with Gasteiger partial charge in [-0.2, -0.15) is 0 Å². The molecule has 1 heterocycles. The smallest absolute Gasteiger partial charge is 0.173 e. The number of thiocarbonyl (C=S) groups is 1. The van der Waals surface area contributed by atoms with Gasteiger partial charge < -0.3 is 14.8 Å². The number of fused-ring (bicyclic) bond motifs is 1. The lowest BCUT2D eigenvalue weighted by Gasteiger charge is -2.34. The number of rotatable bonds is 5. The quantitative estimate of drug-likeness (QED) is 0.323. The highest BCUT2D eigenvalue weighted by atomic mass is 32.1. The SMILES string of the molecule is CCn1cc(CN(C(=S)Nc2c(C)cc(C)cc2C)C2CCCCCC2)c2ccccc21. The third-order valence-electron chi connectivity index (χ3n) is 6.99. The number of nitrogens with one attached hydrogen (secondary N) is 1. The average molecular weight is 448 g/mol. The van der Waals surface area contributed by atoms with Crippen molar-refractivity contribution in [2.24, 2.45) is 0 Å². The van der Waals surface area contributed by atoms with Crippen LogP contribution in [0.3, 0.4) is 0 Å². The summed E-state index contributed by atoms with van der Waals surface area (Å²) < 4.78 is 2.36. The maximum atomic E-state index is 6.10. The zero-order chi connectivity index (χ0) is 22.7. The van der Waals surface area contributed by atoms with E-state index in [1.54, 1.807) is 0 Å². The molecule has 0 amide bonds. The molecule has 0 spiro atoms. The van der Waals surface area contributed by atoms with Gasteiger partial charge in [0.25, 0.3) is 0 Å². The topological polar surface area (TPSA) is 20.2 Å².